The van der Waals surface area contributed by atoms with Crippen LogP contribution in [0.15, 0.2) is 45.7 Å². The van der Waals surface area contributed by atoms with Crippen LogP contribution in [0.3, 0.4) is 0 Å². The number of rotatable bonds is 2. The minimum atomic E-state index is 0.292. The summed E-state index contributed by atoms with van der Waals surface area (Å²) >= 11 is 3.41. The van der Waals surface area contributed by atoms with Crippen molar-refractivity contribution in [2.24, 2.45) is 7.05 Å². The van der Waals surface area contributed by atoms with Crippen LogP contribution in [0.5, 0.6) is 0 Å². The summed E-state index contributed by atoms with van der Waals surface area (Å²) in [6.07, 6.45) is 3.57. The highest BCUT2D eigenvalue weighted by atomic mass is 79.9. The molecular formula is C13H11BrN4O. The third-order valence-electron chi connectivity index (χ3n) is 2.88. The van der Waals surface area contributed by atoms with Gasteiger partial charge in [-0.15, -0.1) is 0 Å². The number of anilines is 1. The molecule has 2 heterocycles. The van der Waals surface area contributed by atoms with Crippen LogP contribution in [0.2, 0.25) is 0 Å². The van der Waals surface area contributed by atoms with Crippen molar-refractivity contribution in [3.05, 3.63) is 41.1 Å². The van der Waals surface area contributed by atoms with Crippen molar-refractivity contribution in [2.45, 2.75) is 0 Å². The van der Waals surface area contributed by atoms with Gasteiger partial charge in [0.1, 0.15) is 0 Å². The van der Waals surface area contributed by atoms with Gasteiger partial charge in [0.15, 0.2) is 11.5 Å². The molecule has 0 fully saturated rings. The third-order valence-corrected chi connectivity index (χ3v) is 3.41. The highest BCUT2D eigenvalue weighted by Crippen LogP contribution is 2.35. The van der Waals surface area contributed by atoms with Crippen LogP contribution in [0, 0.1) is 0 Å². The van der Waals surface area contributed by atoms with Gasteiger partial charge in [0.05, 0.1) is 5.56 Å². The van der Waals surface area contributed by atoms with Crippen molar-refractivity contribution in [3.8, 4) is 22.6 Å². The van der Waals surface area contributed by atoms with Gasteiger partial charge in [0, 0.05) is 23.9 Å². The van der Waals surface area contributed by atoms with E-state index in [9.17, 15) is 0 Å². The van der Waals surface area contributed by atoms with E-state index >= 15 is 0 Å². The van der Waals surface area contributed by atoms with Crippen molar-refractivity contribution >= 4 is 21.8 Å². The van der Waals surface area contributed by atoms with Crippen molar-refractivity contribution < 1.29 is 4.52 Å². The summed E-state index contributed by atoms with van der Waals surface area (Å²) in [5.74, 6) is 1.01. The van der Waals surface area contributed by atoms with Crippen molar-refractivity contribution in [3.63, 3.8) is 0 Å². The fourth-order valence-electron chi connectivity index (χ4n) is 1.94. The van der Waals surface area contributed by atoms with E-state index in [2.05, 4.69) is 26.1 Å². The largest absolute Gasteiger partial charge is 0.367 e. The molecule has 3 rings (SSSR count). The van der Waals surface area contributed by atoms with Gasteiger partial charge < -0.3 is 14.8 Å². The summed E-state index contributed by atoms with van der Waals surface area (Å²) in [5, 5.41) is 4.02. The summed E-state index contributed by atoms with van der Waals surface area (Å²) in [5.41, 5.74) is 8.25. The zero-order chi connectivity index (χ0) is 13.4. The standard InChI is InChI=1S/C13H11BrN4O/c1-18-7-6-16-13(18)11-10(12(15)19-17-11)8-2-4-9(14)5-3-8/h2-7H,15H2,1H3. The molecule has 6 heteroatoms. The number of nitrogens with zero attached hydrogens (tertiary/aromatic N) is 3. The molecule has 0 bridgehead atoms. The summed E-state index contributed by atoms with van der Waals surface area (Å²) in [7, 11) is 1.90. The number of imidazole rings is 1. The van der Waals surface area contributed by atoms with E-state index in [4.69, 9.17) is 10.3 Å². The molecular weight excluding hydrogens is 308 g/mol. The molecule has 0 spiro atoms. The molecule has 3 aromatic rings. The van der Waals surface area contributed by atoms with Crippen LogP contribution in [0.25, 0.3) is 22.6 Å². The van der Waals surface area contributed by atoms with E-state index in [0.29, 0.717) is 11.6 Å². The van der Waals surface area contributed by atoms with Gasteiger partial charge in [-0.1, -0.05) is 33.2 Å². The quantitative estimate of drug-likeness (QED) is 0.788. The average molecular weight is 319 g/mol. The molecule has 19 heavy (non-hydrogen) atoms. The number of nitrogens with two attached hydrogens (primary N) is 1. The molecule has 2 N–H and O–H groups in total. The van der Waals surface area contributed by atoms with E-state index in [-0.39, 0.29) is 0 Å². The number of hydrogen-bond donors (Lipinski definition) is 1. The van der Waals surface area contributed by atoms with Crippen LogP contribution in [0.1, 0.15) is 0 Å². The molecule has 0 aliphatic rings. The van der Waals surface area contributed by atoms with Gasteiger partial charge >= 0.3 is 0 Å². The van der Waals surface area contributed by atoms with Crippen LogP contribution in [-0.4, -0.2) is 14.7 Å². The number of nitrogen functional groups attached to an aromatic ring is 1. The molecule has 0 saturated carbocycles. The first-order chi connectivity index (χ1) is 9.16. The van der Waals surface area contributed by atoms with E-state index < -0.39 is 0 Å². The molecule has 0 saturated heterocycles. The fourth-order valence-corrected chi connectivity index (χ4v) is 2.21. The minimum Gasteiger partial charge on any atom is -0.367 e. The Kier molecular flexibility index (Phi) is 2.87. The van der Waals surface area contributed by atoms with Crippen molar-refractivity contribution in [1.29, 1.82) is 0 Å². The first-order valence-electron chi connectivity index (χ1n) is 5.65. The Morgan fingerprint density at radius 3 is 2.63 bits per heavy atom. The van der Waals surface area contributed by atoms with Crippen LogP contribution in [0.4, 0.5) is 5.88 Å². The van der Waals surface area contributed by atoms with Gasteiger partial charge in [-0.2, -0.15) is 0 Å². The zero-order valence-corrected chi connectivity index (χ0v) is 11.8. The Morgan fingerprint density at radius 1 is 1.26 bits per heavy atom. The summed E-state index contributed by atoms with van der Waals surface area (Å²) in [4.78, 5) is 4.28. The smallest absolute Gasteiger partial charge is 0.230 e. The lowest BCUT2D eigenvalue weighted by molar-refractivity contribution is 0.438. The third kappa shape index (κ3) is 2.04. The Bertz CT molecular complexity index is 715. The second-order valence-electron chi connectivity index (χ2n) is 4.14. The Morgan fingerprint density at radius 2 is 2.00 bits per heavy atom. The Labute approximate surface area is 118 Å². The first kappa shape index (κ1) is 12.0. The summed E-state index contributed by atoms with van der Waals surface area (Å²) in [6, 6.07) is 7.81. The van der Waals surface area contributed by atoms with Crippen LogP contribution >= 0.6 is 15.9 Å². The topological polar surface area (TPSA) is 69.9 Å². The van der Waals surface area contributed by atoms with Gasteiger partial charge in [0.25, 0.3) is 0 Å². The molecule has 0 atom stereocenters. The molecule has 5 nitrogen and oxygen atoms in total. The second kappa shape index (κ2) is 4.55. The predicted octanol–water partition coefficient (Wildman–Crippen LogP) is 3.09. The van der Waals surface area contributed by atoms with Gasteiger partial charge in [-0.25, -0.2) is 4.98 Å². The average Bonchev–Trinajstić information content (AvgIpc) is 2.97. The number of halogens is 1. The molecule has 0 radical (unpaired) electrons. The molecule has 96 valence electrons. The number of aryl methyl sites for hydroxylation is 1. The predicted molar refractivity (Wildman–Crippen MR) is 76.3 cm³/mol. The number of aromatic nitrogens is 3. The molecule has 2 aromatic heterocycles. The lowest BCUT2D eigenvalue weighted by Crippen LogP contribution is -1.94. The molecule has 0 unspecified atom stereocenters. The van der Waals surface area contributed by atoms with Crippen LogP contribution in [-0.2, 0) is 7.05 Å². The molecule has 0 aliphatic carbocycles. The van der Waals surface area contributed by atoms with Crippen LogP contribution < -0.4 is 5.73 Å². The Balaban J connectivity index is 2.19. The van der Waals surface area contributed by atoms with E-state index in [1.165, 1.54) is 0 Å². The second-order valence-corrected chi connectivity index (χ2v) is 5.05. The fraction of sp³-hybridized carbons (Fsp3) is 0.0769. The minimum absolute atomic E-state index is 0.292. The summed E-state index contributed by atoms with van der Waals surface area (Å²) in [6.45, 7) is 0. The highest BCUT2D eigenvalue weighted by molar-refractivity contribution is 9.10. The Hall–Kier alpha value is -2.08. The van der Waals surface area contributed by atoms with Crippen molar-refractivity contribution in [1.82, 2.24) is 14.7 Å². The summed E-state index contributed by atoms with van der Waals surface area (Å²) < 4.78 is 8.00. The van der Waals surface area contributed by atoms with E-state index in [0.717, 1.165) is 21.4 Å². The van der Waals surface area contributed by atoms with Crippen molar-refractivity contribution in [2.75, 3.05) is 5.73 Å². The van der Waals surface area contributed by atoms with E-state index in [1.54, 1.807) is 6.20 Å². The molecule has 1 aromatic carbocycles. The zero-order valence-electron chi connectivity index (χ0n) is 10.2. The lowest BCUT2D eigenvalue weighted by atomic mass is 10.1. The number of hydrogen-bond acceptors (Lipinski definition) is 4. The van der Waals surface area contributed by atoms with E-state index in [1.807, 2.05) is 42.1 Å². The lowest BCUT2D eigenvalue weighted by Gasteiger charge is -2.03. The maximum atomic E-state index is 5.89. The number of benzene rings is 1. The highest BCUT2D eigenvalue weighted by Gasteiger charge is 2.20. The SMILES string of the molecule is Cn1ccnc1-c1noc(N)c1-c1ccc(Br)cc1. The molecule has 0 aliphatic heterocycles. The van der Waals surface area contributed by atoms with Gasteiger partial charge in [0.2, 0.25) is 5.88 Å². The van der Waals surface area contributed by atoms with Gasteiger partial charge in [-0.05, 0) is 17.7 Å². The maximum absolute atomic E-state index is 5.89. The monoisotopic (exact) mass is 318 g/mol. The first-order valence-corrected chi connectivity index (χ1v) is 6.45. The normalized spacial score (nSPS) is 10.8. The molecule has 0 amide bonds. The maximum Gasteiger partial charge on any atom is 0.230 e. The van der Waals surface area contributed by atoms with Gasteiger partial charge in [-0.3, -0.25) is 0 Å².